The first-order chi connectivity index (χ1) is 7.56. The van der Waals surface area contributed by atoms with Crippen LogP contribution in [0.2, 0.25) is 10.0 Å². The molecule has 0 bridgehead atoms. The third-order valence-corrected chi connectivity index (χ3v) is 2.66. The molecule has 3 nitrogen and oxygen atoms in total. The molecule has 0 atom stereocenters. The highest BCUT2D eigenvalue weighted by atomic mass is 35.5. The topological polar surface area (TPSA) is 43.4 Å². The van der Waals surface area contributed by atoms with Gasteiger partial charge in [0.25, 0.3) is 0 Å². The fourth-order valence-electron chi connectivity index (χ4n) is 1.21. The molecule has 0 saturated carbocycles. The molecule has 0 aromatic heterocycles. The van der Waals surface area contributed by atoms with Crippen molar-refractivity contribution in [2.75, 3.05) is 7.11 Å². The predicted molar refractivity (Wildman–Crippen MR) is 62.0 cm³/mol. The Morgan fingerprint density at radius 1 is 1.19 bits per heavy atom. The van der Waals surface area contributed by atoms with E-state index in [1.54, 1.807) is 18.2 Å². The molecule has 0 aliphatic rings. The first-order valence-corrected chi connectivity index (χ1v) is 5.36. The Balaban J connectivity index is 2.77. The number of ether oxygens (including phenoxy) is 1. The normalized spacial score (nSPS) is 9.94. The molecule has 16 heavy (non-hydrogen) atoms. The van der Waals surface area contributed by atoms with Crippen LogP contribution in [0.25, 0.3) is 0 Å². The summed E-state index contributed by atoms with van der Waals surface area (Å²) in [7, 11) is 1.27. The van der Waals surface area contributed by atoms with Crippen LogP contribution in [-0.2, 0) is 9.53 Å². The van der Waals surface area contributed by atoms with Gasteiger partial charge in [0.15, 0.2) is 5.78 Å². The van der Waals surface area contributed by atoms with Crippen molar-refractivity contribution < 1.29 is 14.3 Å². The Morgan fingerprint density at radius 3 is 2.25 bits per heavy atom. The standard InChI is InChI=1S/C11H10Cl2O3/c1-16-10(15)6-5-9(14)11-7(12)3-2-4-8(11)13/h2-4H,5-6H2,1H3. The van der Waals surface area contributed by atoms with Gasteiger partial charge in [-0.25, -0.2) is 0 Å². The second-order valence-electron chi connectivity index (χ2n) is 3.10. The van der Waals surface area contributed by atoms with E-state index in [2.05, 4.69) is 4.74 Å². The number of carbonyl (C=O) groups excluding carboxylic acids is 2. The molecule has 0 unspecified atom stereocenters. The zero-order valence-corrected chi connectivity index (χ0v) is 10.1. The van der Waals surface area contributed by atoms with Crippen LogP contribution in [0.15, 0.2) is 18.2 Å². The van der Waals surface area contributed by atoms with E-state index in [0.717, 1.165) is 0 Å². The number of methoxy groups -OCH3 is 1. The van der Waals surface area contributed by atoms with Crippen molar-refractivity contribution >= 4 is 35.0 Å². The molecule has 0 spiro atoms. The highest BCUT2D eigenvalue weighted by Crippen LogP contribution is 2.25. The molecule has 0 amide bonds. The van der Waals surface area contributed by atoms with Gasteiger partial charge in [-0.15, -0.1) is 0 Å². The van der Waals surface area contributed by atoms with Gasteiger partial charge in [-0.2, -0.15) is 0 Å². The zero-order valence-electron chi connectivity index (χ0n) is 8.63. The molecule has 1 rings (SSSR count). The fraction of sp³-hybridized carbons (Fsp3) is 0.273. The number of carbonyl (C=O) groups is 2. The molecule has 5 heteroatoms. The molecule has 0 radical (unpaired) electrons. The van der Waals surface area contributed by atoms with E-state index < -0.39 is 5.97 Å². The molecule has 1 aromatic rings. The lowest BCUT2D eigenvalue weighted by atomic mass is 10.1. The number of halogens is 2. The van der Waals surface area contributed by atoms with E-state index in [4.69, 9.17) is 23.2 Å². The Bertz CT molecular complexity index is 395. The van der Waals surface area contributed by atoms with E-state index in [-0.39, 0.29) is 24.2 Å². The number of benzene rings is 1. The van der Waals surface area contributed by atoms with Crippen LogP contribution >= 0.6 is 23.2 Å². The van der Waals surface area contributed by atoms with Crippen LogP contribution in [0.3, 0.4) is 0 Å². The average molecular weight is 261 g/mol. The maximum Gasteiger partial charge on any atom is 0.305 e. The highest BCUT2D eigenvalue weighted by Gasteiger charge is 2.15. The number of hydrogen-bond acceptors (Lipinski definition) is 3. The largest absolute Gasteiger partial charge is 0.469 e. The number of esters is 1. The van der Waals surface area contributed by atoms with Crippen molar-refractivity contribution in [1.82, 2.24) is 0 Å². The van der Waals surface area contributed by atoms with E-state index >= 15 is 0 Å². The van der Waals surface area contributed by atoms with Crippen LogP contribution in [-0.4, -0.2) is 18.9 Å². The second-order valence-corrected chi connectivity index (χ2v) is 3.91. The summed E-state index contributed by atoms with van der Waals surface area (Å²) in [6, 6.07) is 4.82. The zero-order chi connectivity index (χ0) is 12.1. The van der Waals surface area contributed by atoms with E-state index in [9.17, 15) is 9.59 Å². The lowest BCUT2D eigenvalue weighted by molar-refractivity contribution is -0.140. The third-order valence-electron chi connectivity index (χ3n) is 2.03. The average Bonchev–Trinajstić information content (AvgIpc) is 2.25. The minimum absolute atomic E-state index is 0.0247. The quantitative estimate of drug-likeness (QED) is 0.617. The van der Waals surface area contributed by atoms with Gasteiger partial charge < -0.3 is 4.74 Å². The van der Waals surface area contributed by atoms with Gasteiger partial charge in [0.05, 0.1) is 29.1 Å². The minimum Gasteiger partial charge on any atom is -0.469 e. The van der Waals surface area contributed by atoms with Crippen molar-refractivity contribution in [3.8, 4) is 0 Å². The smallest absolute Gasteiger partial charge is 0.305 e. The lowest BCUT2D eigenvalue weighted by Gasteiger charge is -2.05. The molecule has 0 aliphatic heterocycles. The predicted octanol–water partition coefficient (Wildman–Crippen LogP) is 3.13. The Kier molecular flexibility index (Phi) is 4.77. The summed E-state index contributed by atoms with van der Waals surface area (Å²) in [6.45, 7) is 0. The van der Waals surface area contributed by atoms with Crippen molar-refractivity contribution in [3.05, 3.63) is 33.8 Å². The lowest BCUT2D eigenvalue weighted by Crippen LogP contribution is -2.07. The van der Waals surface area contributed by atoms with Crippen LogP contribution in [0.1, 0.15) is 23.2 Å². The maximum atomic E-state index is 11.7. The molecule has 0 saturated heterocycles. The SMILES string of the molecule is COC(=O)CCC(=O)c1c(Cl)cccc1Cl. The molecular formula is C11H10Cl2O3. The van der Waals surface area contributed by atoms with Crippen molar-refractivity contribution in [2.24, 2.45) is 0 Å². The van der Waals surface area contributed by atoms with E-state index in [1.165, 1.54) is 7.11 Å². The fourth-order valence-corrected chi connectivity index (χ4v) is 1.82. The second kappa shape index (κ2) is 5.87. The minimum atomic E-state index is -0.434. The monoisotopic (exact) mass is 260 g/mol. The molecule has 0 aliphatic carbocycles. The van der Waals surface area contributed by atoms with Gasteiger partial charge in [-0.3, -0.25) is 9.59 Å². The van der Waals surface area contributed by atoms with Gasteiger partial charge >= 0.3 is 5.97 Å². The van der Waals surface area contributed by atoms with E-state index in [1.807, 2.05) is 0 Å². The van der Waals surface area contributed by atoms with Crippen LogP contribution in [0.4, 0.5) is 0 Å². The third kappa shape index (κ3) is 3.22. The first kappa shape index (κ1) is 13.0. The highest BCUT2D eigenvalue weighted by molar-refractivity contribution is 6.39. The van der Waals surface area contributed by atoms with Gasteiger partial charge in [-0.1, -0.05) is 29.3 Å². The summed E-state index contributed by atoms with van der Waals surface area (Å²) in [4.78, 5) is 22.6. The van der Waals surface area contributed by atoms with Gasteiger partial charge in [0.2, 0.25) is 0 Å². The number of Topliss-reactive ketones (excluding diaryl/α,β-unsaturated/α-hetero) is 1. The molecular weight excluding hydrogens is 251 g/mol. The summed E-state index contributed by atoms with van der Waals surface area (Å²) >= 11 is 11.7. The first-order valence-electron chi connectivity index (χ1n) is 4.60. The van der Waals surface area contributed by atoms with Gasteiger partial charge in [-0.05, 0) is 12.1 Å². The van der Waals surface area contributed by atoms with Gasteiger partial charge in [0.1, 0.15) is 0 Å². The maximum absolute atomic E-state index is 11.7. The van der Waals surface area contributed by atoms with Crippen molar-refractivity contribution in [3.63, 3.8) is 0 Å². The van der Waals surface area contributed by atoms with Crippen LogP contribution < -0.4 is 0 Å². The summed E-state index contributed by atoms with van der Waals surface area (Å²) in [5.74, 6) is -0.697. The Hall–Kier alpha value is -1.06. The Labute approximate surface area is 103 Å². The number of hydrogen-bond donors (Lipinski definition) is 0. The molecule has 0 N–H and O–H groups in total. The number of ketones is 1. The van der Waals surface area contributed by atoms with Gasteiger partial charge in [0, 0.05) is 6.42 Å². The Morgan fingerprint density at radius 2 is 1.75 bits per heavy atom. The van der Waals surface area contributed by atoms with Crippen LogP contribution in [0, 0.1) is 0 Å². The molecule has 1 aromatic carbocycles. The summed E-state index contributed by atoms with van der Waals surface area (Å²) in [6.07, 6.45) is 0.0625. The number of rotatable bonds is 4. The van der Waals surface area contributed by atoms with E-state index in [0.29, 0.717) is 10.0 Å². The molecule has 0 heterocycles. The van der Waals surface area contributed by atoms with Crippen molar-refractivity contribution in [1.29, 1.82) is 0 Å². The molecule has 86 valence electrons. The molecule has 0 fully saturated rings. The summed E-state index contributed by atoms with van der Waals surface area (Å²) < 4.78 is 4.44. The summed E-state index contributed by atoms with van der Waals surface area (Å²) in [5, 5.41) is 0.588. The van der Waals surface area contributed by atoms with Crippen molar-refractivity contribution in [2.45, 2.75) is 12.8 Å². The van der Waals surface area contributed by atoms with Crippen LogP contribution in [0.5, 0.6) is 0 Å². The summed E-state index contributed by atoms with van der Waals surface area (Å²) in [5.41, 5.74) is 0.259.